The van der Waals surface area contributed by atoms with Crippen LogP contribution in [0.3, 0.4) is 0 Å². The second kappa shape index (κ2) is 4.94. The normalized spacial score (nSPS) is 9.83. The molecule has 5 heteroatoms. The molecule has 0 unspecified atom stereocenters. The molecule has 0 amide bonds. The SMILES string of the molecule is N#Cc1ccc(Nc2ccc(N)cc2F)c(Cl)c1. The van der Waals surface area contributed by atoms with Crippen LogP contribution in [0.1, 0.15) is 5.56 Å². The van der Waals surface area contributed by atoms with Crippen molar-refractivity contribution in [2.45, 2.75) is 0 Å². The summed E-state index contributed by atoms with van der Waals surface area (Å²) in [4.78, 5) is 0. The lowest BCUT2D eigenvalue weighted by Gasteiger charge is -2.09. The molecule has 0 fully saturated rings. The van der Waals surface area contributed by atoms with Crippen LogP contribution < -0.4 is 11.1 Å². The van der Waals surface area contributed by atoms with Crippen molar-refractivity contribution in [1.82, 2.24) is 0 Å². The van der Waals surface area contributed by atoms with Crippen LogP contribution >= 0.6 is 11.6 Å². The van der Waals surface area contributed by atoms with Crippen molar-refractivity contribution in [3.05, 3.63) is 52.8 Å². The monoisotopic (exact) mass is 261 g/mol. The van der Waals surface area contributed by atoms with Gasteiger partial charge in [-0.1, -0.05) is 11.6 Å². The van der Waals surface area contributed by atoms with Crippen LogP contribution in [0.2, 0.25) is 5.02 Å². The van der Waals surface area contributed by atoms with E-state index in [2.05, 4.69) is 5.32 Å². The number of hydrogen-bond acceptors (Lipinski definition) is 3. The molecule has 3 nitrogen and oxygen atoms in total. The Bertz CT molecular complexity index is 635. The molecule has 0 aliphatic heterocycles. The fraction of sp³-hybridized carbons (Fsp3) is 0. The first-order valence-corrected chi connectivity index (χ1v) is 5.49. The third-order valence-electron chi connectivity index (χ3n) is 2.36. The van der Waals surface area contributed by atoms with E-state index in [1.807, 2.05) is 6.07 Å². The molecule has 0 atom stereocenters. The summed E-state index contributed by atoms with van der Waals surface area (Å²) in [5, 5.41) is 11.9. The summed E-state index contributed by atoms with van der Waals surface area (Å²) in [6, 6.07) is 11.0. The minimum absolute atomic E-state index is 0.274. The molecule has 0 aliphatic carbocycles. The number of nitrogens with one attached hydrogen (secondary N) is 1. The molecule has 2 aromatic rings. The van der Waals surface area contributed by atoms with Gasteiger partial charge in [0.05, 0.1) is 28.0 Å². The maximum Gasteiger partial charge on any atom is 0.148 e. The van der Waals surface area contributed by atoms with Gasteiger partial charge in [-0.25, -0.2) is 4.39 Å². The van der Waals surface area contributed by atoms with Gasteiger partial charge in [0.25, 0.3) is 0 Å². The zero-order chi connectivity index (χ0) is 13.1. The van der Waals surface area contributed by atoms with Crippen LogP contribution in [0, 0.1) is 17.1 Å². The van der Waals surface area contributed by atoms with Crippen LogP contribution in [0.4, 0.5) is 21.5 Å². The van der Waals surface area contributed by atoms with E-state index in [0.717, 1.165) is 0 Å². The second-order valence-corrected chi connectivity index (χ2v) is 4.08. The molecule has 0 saturated heterocycles. The van der Waals surface area contributed by atoms with Crippen molar-refractivity contribution in [3.63, 3.8) is 0 Å². The van der Waals surface area contributed by atoms with E-state index in [0.29, 0.717) is 22.0 Å². The smallest absolute Gasteiger partial charge is 0.148 e. The highest BCUT2D eigenvalue weighted by Gasteiger charge is 2.06. The molecule has 0 saturated carbocycles. The third kappa shape index (κ3) is 2.53. The van der Waals surface area contributed by atoms with E-state index < -0.39 is 5.82 Å². The Morgan fingerprint density at radius 3 is 2.50 bits per heavy atom. The van der Waals surface area contributed by atoms with Crippen LogP contribution in [0.5, 0.6) is 0 Å². The minimum Gasteiger partial charge on any atom is -0.399 e. The van der Waals surface area contributed by atoms with E-state index in [1.54, 1.807) is 18.2 Å². The zero-order valence-corrected chi connectivity index (χ0v) is 10.0. The Labute approximate surface area is 109 Å². The van der Waals surface area contributed by atoms with Gasteiger partial charge < -0.3 is 11.1 Å². The molecular formula is C13H9ClFN3. The van der Waals surface area contributed by atoms with Crippen LogP contribution in [0.15, 0.2) is 36.4 Å². The summed E-state index contributed by atoms with van der Waals surface area (Å²) in [7, 11) is 0. The van der Waals surface area contributed by atoms with Gasteiger partial charge in [0.1, 0.15) is 5.82 Å². The summed E-state index contributed by atoms with van der Waals surface area (Å²) in [5.74, 6) is -0.463. The molecule has 3 N–H and O–H groups in total. The van der Waals surface area contributed by atoms with E-state index in [-0.39, 0.29) is 5.69 Å². The van der Waals surface area contributed by atoms with Crippen molar-refractivity contribution >= 4 is 28.7 Å². The maximum absolute atomic E-state index is 13.6. The van der Waals surface area contributed by atoms with E-state index in [9.17, 15) is 4.39 Å². The van der Waals surface area contributed by atoms with Gasteiger partial charge in [0.2, 0.25) is 0 Å². The van der Waals surface area contributed by atoms with Crippen LogP contribution in [-0.2, 0) is 0 Å². The first kappa shape index (κ1) is 12.2. The molecule has 18 heavy (non-hydrogen) atoms. The standard InChI is InChI=1S/C13H9ClFN3/c14-10-5-8(7-16)1-3-12(10)18-13-4-2-9(17)6-11(13)15/h1-6,18H,17H2. The van der Waals surface area contributed by atoms with E-state index >= 15 is 0 Å². The topological polar surface area (TPSA) is 61.8 Å². The Kier molecular flexibility index (Phi) is 3.35. The van der Waals surface area contributed by atoms with Gasteiger partial charge in [-0.3, -0.25) is 0 Å². The molecule has 0 aromatic heterocycles. The lowest BCUT2D eigenvalue weighted by Crippen LogP contribution is -1.96. The molecule has 0 spiro atoms. The quantitative estimate of drug-likeness (QED) is 0.811. The third-order valence-corrected chi connectivity index (χ3v) is 2.67. The molecule has 90 valence electrons. The van der Waals surface area contributed by atoms with Gasteiger partial charge >= 0.3 is 0 Å². The molecule has 0 bridgehead atoms. The molecule has 0 radical (unpaired) electrons. The van der Waals surface area contributed by atoms with Gasteiger partial charge in [0.15, 0.2) is 0 Å². The number of hydrogen-bond donors (Lipinski definition) is 2. The summed E-state index contributed by atoms with van der Waals surface area (Å²) in [5.41, 5.74) is 7.06. The predicted octanol–water partition coefficient (Wildman–Crippen LogP) is 3.68. The summed E-state index contributed by atoms with van der Waals surface area (Å²) in [6.07, 6.45) is 0. The Balaban J connectivity index is 2.32. The summed E-state index contributed by atoms with van der Waals surface area (Å²) < 4.78 is 13.6. The largest absolute Gasteiger partial charge is 0.399 e. The minimum atomic E-state index is -0.463. The first-order chi connectivity index (χ1) is 8.60. The molecule has 0 aliphatic rings. The summed E-state index contributed by atoms with van der Waals surface area (Å²) >= 11 is 5.98. The van der Waals surface area contributed by atoms with Crippen molar-refractivity contribution < 1.29 is 4.39 Å². The number of nitrogens with zero attached hydrogens (tertiary/aromatic N) is 1. The molecular weight excluding hydrogens is 253 g/mol. The Morgan fingerprint density at radius 2 is 1.89 bits per heavy atom. The summed E-state index contributed by atoms with van der Waals surface area (Å²) in [6.45, 7) is 0. The van der Waals surface area contributed by atoms with E-state index in [1.165, 1.54) is 18.2 Å². The van der Waals surface area contributed by atoms with Crippen LogP contribution in [0.25, 0.3) is 0 Å². The number of nitriles is 1. The first-order valence-electron chi connectivity index (χ1n) is 5.12. The second-order valence-electron chi connectivity index (χ2n) is 3.67. The number of nitrogens with two attached hydrogens (primary N) is 1. The van der Waals surface area contributed by atoms with Crippen molar-refractivity contribution in [2.75, 3.05) is 11.1 Å². The highest BCUT2D eigenvalue weighted by molar-refractivity contribution is 6.33. The zero-order valence-electron chi connectivity index (χ0n) is 9.24. The fourth-order valence-corrected chi connectivity index (χ4v) is 1.69. The van der Waals surface area contributed by atoms with Gasteiger partial charge in [-0.2, -0.15) is 5.26 Å². The molecule has 2 aromatic carbocycles. The van der Waals surface area contributed by atoms with Gasteiger partial charge in [0, 0.05) is 5.69 Å². The van der Waals surface area contributed by atoms with Gasteiger partial charge in [-0.05, 0) is 36.4 Å². The average Bonchev–Trinajstić information content (AvgIpc) is 2.34. The lowest BCUT2D eigenvalue weighted by molar-refractivity contribution is 0.632. The fourth-order valence-electron chi connectivity index (χ4n) is 1.46. The number of rotatable bonds is 2. The maximum atomic E-state index is 13.6. The van der Waals surface area contributed by atoms with E-state index in [4.69, 9.17) is 22.6 Å². The van der Waals surface area contributed by atoms with Crippen molar-refractivity contribution in [3.8, 4) is 6.07 Å². The number of halogens is 2. The van der Waals surface area contributed by atoms with Crippen molar-refractivity contribution in [1.29, 1.82) is 5.26 Å². The Morgan fingerprint density at radius 1 is 1.17 bits per heavy atom. The van der Waals surface area contributed by atoms with Crippen molar-refractivity contribution in [2.24, 2.45) is 0 Å². The number of benzene rings is 2. The lowest BCUT2D eigenvalue weighted by atomic mass is 10.2. The Hall–Kier alpha value is -2.25. The highest BCUT2D eigenvalue weighted by atomic mass is 35.5. The average molecular weight is 262 g/mol. The van der Waals surface area contributed by atoms with Gasteiger partial charge in [-0.15, -0.1) is 0 Å². The molecule has 2 rings (SSSR count). The van der Waals surface area contributed by atoms with Crippen LogP contribution in [-0.4, -0.2) is 0 Å². The predicted molar refractivity (Wildman–Crippen MR) is 70.3 cm³/mol. The number of anilines is 3. The number of nitrogen functional groups attached to an aromatic ring is 1. The molecule has 0 heterocycles. The highest BCUT2D eigenvalue weighted by Crippen LogP contribution is 2.28.